The Hall–Kier alpha value is -2.67. The maximum atomic E-state index is 4.96. The molecular weight excluding hydrogens is 386 g/mol. The van der Waals surface area contributed by atoms with E-state index >= 15 is 0 Å². The molecule has 0 spiro atoms. The molecule has 0 saturated carbocycles. The highest BCUT2D eigenvalue weighted by atomic mass is 15.3. The summed E-state index contributed by atoms with van der Waals surface area (Å²) in [5, 5.41) is 8.93. The zero-order valence-corrected chi connectivity index (χ0v) is 18.7. The van der Waals surface area contributed by atoms with Gasteiger partial charge in [0.05, 0.1) is 11.6 Å². The molecule has 0 atom stereocenters. The van der Waals surface area contributed by atoms with Crippen LogP contribution in [0.1, 0.15) is 44.6 Å². The minimum Gasteiger partial charge on any atom is -0.341 e. The van der Waals surface area contributed by atoms with E-state index in [1.165, 1.54) is 50.8 Å². The molecule has 7 nitrogen and oxygen atoms in total. The topological polar surface area (TPSA) is 62.1 Å². The fraction of sp³-hybridized carbons (Fsp3) is 0.542. The molecule has 3 aromatic rings. The Morgan fingerprint density at radius 2 is 1.84 bits per heavy atom. The molecule has 0 bridgehead atoms. The van der Waals surface area contributed by atoms with E-state index in [1.54, 1.807) is 0 Å². The minimum atomic E-state index is 0.714. The lowest BCUT2D eigenvalue weighted by Gasteiger charge is -2.40. The quantitative estimate of drug-likeness (QED) is 0.671. The number of aromatic nitrogens is 4. The fourth-order valence-electron chi connectivity index (χ4n) is 4.97. The summed E-state index contributed by atoms with van der Waals surface area (Å²) in [7, 11) is 1.95. The molecule has 2 aliphatic heterocycles. The first kappa shape index (κ1) is 20.2. The number of likely N-dealkylation sites (tertiary alicyclic amines) is 1. The Balaban J connectivity index is 1.38. The van der Waals surface area contributed by atoms with Crippen LogP contribution < -0.4 is 10.2 Å². The van der Waals surface area contributed by atoms with Gasteiger partial charge in [0, 0.05) is 31.9 Å². The largest absolute Gasteiger partial charge is 0.341 e. The van der Waals surface area contributed by atoms with Crippen molar-refractivity contribution in [3.63, 3.8) is 0 Å². The van der Waals surface area contributed by atoms with Gasteiger partial charge in [-0.2, -0.15) is 15.1 Å². The third kappa shape index (κ3) is 4.24. The van der Waals surface area contributed by atoms with Crippen molar-refractivity contribution < 1.29 is 0 Å². The molecule has 2 aromatic heterocycles. The van der Waals surface area contributed by atoms with Crippen LogP contribution in [0.15, 0.2) is 30.5 Å². The number of fused-ring (bicyclic) bond motifs is 1. The second kappa shape index (κ2) is 8.83. The van der Waals surface area contributed by atoms with Crippen molar-refractivity contribution in [3.8, 4) is 0 Å². The van der Waals surface area contributed by atoms with E-state index in [9.17, 15) is 0 Å². The number of anilines is 3. The van der Waals surface area contributed by atoms with Gasteiger partial charge >= 0.3 is 0 Å². The molecule has 1 N–H and O–H groups in total. The number of aryl methyl sites for hydroxylation is 2. The second-order valence-electron chi connectivity index (χ2n) is 8.87. The van der Waals surface area contributed by atoms with Crippen LogP contribution in [0, 0.1) is 0 Å². The van der Waals surface area contributed by atoms with Crippen molar-refractivity contribution in [2.45, 2.75) is 51.5 Å². The van der Waals surface area contributed by atoms with Crippen LogP contribution in [-0.4, -0.2) is 56.9 Å². The summed E-state index contributed by atoms with van der Waals surface area (Å²) < 4.78 is 1.84. The number of nitrogens with zero attached hydrogens (tertiary/aromatic N) is 6. The van der Waals surface area contributed by atoms with Gasteiger partial charge in [-0.1, -0.05) is 25.5 Å². The van der Waals surface area contributed by atoms with Gasteiger partial charge in [-0.25, -0.2) is 0 Å². The van der Waals surface area contributed by atoms with Gasteiger partial charge in [0.1, 0.15) is 5.82 Å². The summed E-state index contributed by atoms with van der Waals surface area (Å²) in [6, 6.07) is 9.24. The van der Waals surface area contributed by atoms with Crippen molar-refractivity contribution in [2.24, 2.45) is 7.05 Å². The van der Waals surface area contributed by atoms with Gasteiger partial charge in [0.15, 0.2) is 5.65 Å². The van der Waals surface area contributed by atoms with E-state index in [4.69, 9.17) is 9.97 Å². The predicted molar refractivity (Wildman–Crippen MR) is 126 cm³/mol. The Labute approximate surface area is 184 Å². The highest BCUT2D eigenvalue weighted by Gasteiger charge is 2.27. The van der Waals surface area contributed by atoms with Crippen molar-refractivity contribution in [3.05, 3.63) is 36.0 Å². The van der Waals surface area contributed by atoms with Gasteiger partial charge in [0.25, 0.3) is 0 Å². The van der Waals surface area contributed by atoms with Gasteiger partial charge < -0.3 is 15.1 Å². The number of rotatable bonds is 5. The first-order valence-corrected chi connectivity index (χ1v) is 11.8. The van der Waals surface area contributed by atoms with E-state index < -0.39 is 0 Å². The average Bonchev–Trinajstić information content (AvgIpc) is 3.21. The molecule has 2 saturated heterocycles. The first-order valence-electron chi connectivity index (χ1n) is 11.8. The average molecular weight is 420 g/mol. The van der Waals surface area contributed by atoms with Crippen molar-refractivity contribution >= 4 is 28.5 Å². The summed E-state index contributed by atoms with van der Waals surface area (Å²) >= 11 is 0. The summed E-state index contributed by atoms with van der Waals surface area (Å²) in [5.74, 6) is 1.64. The van der Waals surface area contributed by atoms with Crippen LogP contribution in [-0.2, 0) is 13.5 Å². The van der Waals surface area contributed by atoms with Crippen LogP contribution in [0.2, 0.25) is 0 Å². The normalized spacial score (nSPS) is 18.6. The molecule has 0 amide bonds. The molecular formula is C24H33N7. The highest BCUT2D eigenvalue weighted by molar-refractivity contribution is 5.89. The highest BCUT2D eigenvalue weighted by Crippen LogP contribution is 2.29. The lowest BCUT2D eigenvalue weighted by atomic mass is 10.0. The van der Waals surface area contributed by atoms with Crippen molar-refractivity contribution in [2.75, 3.05) is 36.4 Å². The number of hydrogen-bond acceptors (Lipinski definition) is 6. The zero-order valence-electron chi connectivity index (χ0n) is 18.7. The standard InChI is InChI=1S/C24H33N7/c1-3-18-8-7-9-19(16-18)26-22-21-17-25-29(2)23(21)28-24(27-22)31-14-10-20(11-15-31)30-12-5-4-6-13-30/h7-9,16-17,20H,3-6,10-15H2,1-2H3,(H,26,27,28). The molecule has 0 unspecified atom stereocenters. The van der Waals surface area contributed by atoms with E-state index in [0.717, 1.165) is 48.0 Å². The number of benzene rings is 1. The molecule has 7 heteroatoms. The second-order valence-corrected chi connectivity index (χ2v) is 8.87. The van der Waals surface area contributed by atoms with E-state index in [-0.39, 0.29) is 0 Å². The summed E-state index contributed by atoms with van der Waals surface area (Å²) in [6.07, 6.45) is 9.35. The first-order chi connectivity index (χ1) is 15.2. The van der Waals surface area contributed by atoms with Crippen molar-refractivity contribution in [1.82, 2.24) is 24.6 Å². The van der Waals surface area contributed by atoms with Crippen LogP contribution in [0.4, 0.5) is 17.5 Å². The van der Waals surface area contributed by atoms with Gasteiger partial charge in [-0.3, -0.25) is 4.68 Å². The number of piperidine rings is 2. The summed E-state index contributed by atoms with van der Waals surface area (Å²) in [5.41, 5.74) is 3.23. The fourth-order valence-corrected chi connectivity index (χ4v) is 4.97. The van der Waals surface area contributed by atoms with Crippen molar-refractivity contribution in [1.29, 1.82) is 0 Å². The third-order valence-electron chi connectivity index (χ3n) is 6.83. The molecule has 0 aliphatic carbocycles. The molecule has 5 rings (SSSR count). The number of hydrogen-bond donors (Lipinski definition) is 1. The van der Waals surface area contributed by atoms with Crippen LogP contribution in [0.25, 0.3) is 11.0 Å². The van der Waals surface area contributed by atoms with Crippen LogP contribution in [0.5, 0.6) is 0 Å². The lowest BCUT2D eigenvalue weighted by Crippen LogP contribution is -2.47. The molecule has 164 valence electrons. The Kier molecular flexibility index (Phi) is 5.76. The van der Waals surface area contributed by atoms with Gasteiger partial charge in [-0.05, 0) is 62.9 Å². The summed E-state index contributed by atoms with van der Waals surface area (Å²) in [6.45, 7) is 6.74. The molecule has 2 aliphatic rings. The molecule has 1 aromatic carbocycles. The molecule has 4 heterocycles. The van der Waals surface area contributed by atoms with Crippen LogP contribution >= 0.6 is 0 Å². The monoisotopic (exact) mass is 419 g/mol. The van der Waals surface area contributed by atoms with E-state index in [0.29, 0.717) is 6.04 Å². The van der Waals surface area contributed by atoms with E-state index in [1.807, 2.05) is 17.9 Å². The van der Waals surface area contributed by atoms with E-state index in [2.05, 4.69) is 51.4 Å². The predicted octanol–water partition coefficient (Wildman–Crippen LogP) is 4.12. The van der Waals surface area contributed by atoms with Crippen LogP contribution in [0.3, 0.4) is 0 Å². The van der Waals surface area contributed by atoms with Gasteiger partial charge in [-0.15, -0.1) is 0 Å². The third-order valence-corrected chi connectivity index (χ3v) is 6.83. The Morgan fingerprint density at radius 3 is 2.61 bits per heavy atom. The Bertz CT molecular complexity index is 1030. The zero-order chi connectivity index (χ0) is 21.2. The maximum Gasteiger partial charge on any atom is 0.229 e. The molecule has 2 fully saturated rings. The SMILES string of the molecule is CCc1cccc(Nc2nc(N3CCC(N4CCCCC4)CC3)nc3c2cnn3C)c1. The van der Waals surface area contributed by atoms with Gasteiger partial charge in [0.2, 0.25) is 5.95 Å². The minimum absolute atomic E-state index is 0.714. The molecule has 31 heavy (non-hydrogen) atoms. The lowest BCUT2D eigenvalue weighted by molar-refractivity contribution is 0.141. The number of nitrogens with one attached hydrogen (secondary N) is 1. The molecule has 0 radical (unpaired) electrons. The summed E-state index contributed by atoms with van der Waals surface area (Å²) in [4.78, 5) is 14.9. The maximum absolute atomic E-state index is 4.96. The smallest absolute Gasteiger partial charge is 0.229 e. The Morgan fingerprint density at radius 1 is 1.03 bits per heavy atom.